The molecule has 3 N–H and O–H groups in total. The summed E-state index contributed by atoms with van der Waals surface area (Å²) in [6.07, 6.45) is 7.39. The van der Waals surface area contributed by atoms with Gasteiger partial charge in [-0.15, -0.1) is 0 Å². The summed E-state index contributed by atoms with van der Waals surface area (Å²) in [5.41, 5.74) is 6.58. The summed E-state index contributed by atoms with van der Waals surface area (Å²) in [5.74, 6) is -0.246. The Bertz CT molecular complexity index is 344. The van der Waals surface area contributed by atoms with E-state index in [1.165, 1.54) is 31.7 Å². The Morgan fingerprint density at radius 3 is 2.44 bits per heavy atom. The van der Waals surface area contributed by atoms with Crippen molar-refractivity contribution < 1.29 is 4.39 Å². The highest BCUT2D eigenvalue weighted by atomic mass is 19.1. The Balaban J connectivity index is 2.01. The van der Waals surface area contributed by atoms with Gasteiger partial charge in [0.25, 0.3) is 0 Å². The number of benzene rings is 1. The number of nitrogens with two attached hydrogens (primary N) is 1. The van der Waals surface area contributed by atoms with Gasteiger partial charge in [-0.25, -0.2) is 4.39 Å². The van der Waals surface area contributed by atoms with Crippen LogP contribution in [0.5, 0.6) is 0 Å². The molecule has 2 rings (SSSR count). The molecule has 1 aliphatic rings. The zero-order valence-electron chi connectivity index (χ0n) is 9.51. The lowest BCUT2D eigenvalue weighted by atomic mass is 10.1. The van der Waals surface area contributed by atoms with Crippen LogP contribution >= 0.6 is 0 Å². The lowest BCUT2D eigenvalue weighted by Gasteiger charge is -2.18. The highest BCUT2D eigenvalue weighted by Crippen LogP contribution is 2.23. The molecule has 0 radical (unpaired) electrons. The van der Waals surface area contributed by atoms with Crippen molar-refractivity contribution in [2.75, 3.05) is 11.1 Å². The highest BCUT2D eigenvalue weighted by Gasteiger charge is 2.13. The monoisotopic (exact) mass is 222 g/mol. The summed E-state index contributed by atoms with van der Waals surface area (Å²) < 4.78 is 13.6. The Kier molecular flexibility index (Phi) is 3.65. The van der Waals surface area contributed by atoms with Gasteiger partial charge >= 0.3 is 0 Å². The maximum atomic E-state index is 13.6. The number of hydrogen-bond donors (Lipinski definition) is 2. The van der Waals surface area contributed by atoms with E-state index in [2.05, 4.69) is 5.32 Å². The fraction of sp³-hybridized carbons (Fsp3) is 0.538. The fourth-order valence-electron chi connectivity index (χ4n) is 2.29. The number of nitrogen functional groups attached to an aromatic ring is 1. The predicted octanol–water partition coefficient (Wildman–Crippen LogP) is 3.54. The van der Waals surface area contributed by atoms with Crippen molar-refractivity contribution in [1.82, 2.24) is 0 Å². The molecule has 0 bridgehead atoms. The first-order chi connectivity index (χ1) is 7.75. The molecule has 0 unspecified atom stereocenters. The van der Waals surface area contributed by atoms with Crippen LogP contribution in [0.1, 0.15) is 38.5 Å². The molecule has 1 saturated carbocycles. The molecule has 0 saturated heterocycles. The minimum Gasteiger partial charge on any atom is -0.399 e. The third kappa shape index (κ3) is 2.87. The van der Waals surface area contributed by atoms with Crippen LogP contribution in [-0.4, -0.2) is 6.04 Å². The van der Waals surface area contributed by atoms with Gasteiger partial charge in [-0.2, -0.15) is 0 Å². The third-order valence-electron chi connectivity index (χ3n) is 3.21. The molecule has 0 amide bonds. The van der Waals surface area contributed by atoms with Gasteiger partial charge in [-0.1, -0.05) is 25.7 Å². The Hall–Kier alpha value is -1.25. The van der Waals surface area contributed by atoms with Crippen molar-refractivity contribution in [3.8, 4) is 0 Å². The van der Waals surface area contributed by atoms with E-state index in [1.807, 2.05) is 0 Å². The maximum absolute atomic E-state index is 13.6. The summed E-state index contributed by atoms with van der Waals surface area (Å²) in [4.78, 5) is 0. The molecule has 0 aliphatic heterocycles. The van der Waals surface area contributed by atoms with Gasteiger partial charge in [-0.3, -0.25) is 0 Å². The molecule has 0 heterocycles. The molecule has 0 atom stereocenters. The fourth-order valence-corrected chi connectivity index (χ4v) is 2.29. The van der Waals surface area contributed by atoms with Gasteiger partial charge in [0.1, 0.15) is 5.82 Å². The Morgan fingerprint density at radius 1 is 1.12 bits per heavy atom. The molecule has 16 heavy (non-hydrogen) atoms. The normalized spacial score (nSPS) is 18.1. The zero-order chi connectivity index (χ0) is 11.4. The number of halogens is 1. The van der Waals surface area contributed by atoms with Crippen LogP contribution in [-0.2, 0) is 0 Å². The first-order valence-electron chi connectivity index (χ1n) is 6.07. The lowest BCUT2D eigenvalue weighted by molar-refractivity contribution is 0.597. The van der Waals surface area contributed by atoms with E-state index in [9.17, 15) is 4.39 Å². The van der Waals surface area contributed by atoms with Gasteiger partial charge in [0.15, 0.2) is 0 Å². The van der Waals surface area contributed by atoms with Gasteiger partial charge in [-0.05, 0) is 31.0 Å². The van der Waals surface area contributed by atoms with Crippen LogP contribution in [0, 0.1) is 5.82 Å². The second-order valence-corrected chi connectivity index (χ2v) is 4.57. The molecule has 2 nitrogen and oxygen atoms in total. The maximum Gasteiger partial charge on any atom is 0.148 e. The van der Waals surface area contributed by atoms with E-state index in [0.29, 0.717) is 17.4 Å². The molecule has 0 spiro atoms. The summed E-state index contributed by atoms with van der Waals surface area (Å²) in [5, 5.41) is 3.29. The molecular formula is C13H19FN2. The number of nitrogens with one attached hydrogen (secondary N) is 1. The van der Waals surface area contributed by atoms with E-state index in [0.717, 1.165) is 12.8 Å². The summed E-state index contributed by atoms with van der Waals surface area (Å²) in [7, 11) is 0. The van der Waals surface area contributed by atoms with Crippen LogP contribution in [0.2, 0.25) is 0 Å². The molecule has 3 heteroatoms. The quantitative estimate of drug-likeness (QED) is 0.593. The highest BCUT2D eigenvalue weighted by molar-refractivity contribution is 5.53. The average Bonchev–Trinajstić information content (AvgIpc) is 2.51. The van der Waals surface area contributed by atoms with Crippen LogP contribution in [0.15, 0.2) is 18.2 Å². The molecule has 0 aromatic heterocycles. The van der Waals surface area contributed by atoms with E-state index in [-0.39, 0.29) is 5.82 Å². The first kappa shape index (κ1) is 11.2. The number of hydrogen-bond acceptors (Lipinski definition) is 2. The topological polar surface area (TPSA) is 38.0 Å². The zero-order valence-corrected chi connectivity index (χ0v) is 9.51. The standard InChI is InChI=1S/C13H19FN2/c14-12-9-10(15)7-8-13(12)16-11-5-3-1-2-4-6-11/h7-9,11,16H,1-6,15H2. The summed E-state index contributed by atoms with van der Waals surface area (Å²) in [6.45, 7) is 0. The smallest absolute Gasteiger partial charge is 0.148 e. The summed E-state index contributed by atoms with van der Waals surface area (Å²) in [6, 6.07) is 5.26. The van der Waals surface area contributed by atoms with Gasteiger partial charge in [0.2, 0.25) is 0 Å². The molecule has 1 aliphatic carbocycles. The van der Waals surface area contributed by atoms with Crippen molar-refractivity contribution >= 4 is 11.4 Å². The molecule has 1 aromatic carbocycles. The predicted molar refractivity (Wildman–Crippen MR) is 65.9 cm³/mol. The Morgan fingerprint density at radius 2 is 1.81 bits per heavy atom. The van der Waals surface area contributed by atoms with E-state index in [4.69, 9.17) is 5.73 Å². The average molecular weight is 222 g/mol. The van der Waals surface area contributed by atoms with Crippen LogP contribution < -0.4 is 11.1 Å². The second-order valence-electron chi connectivity index (χ2n) is 4.57. The summed E-state index contributed by atoms with van der Waals surface area (Å²) >= 11 is 0. The number of anilines is 2. The van der Waals surface area contributed by atoms with Crippen LogP contribution in [0.25, 0.3) is 0 Å². The molecule has 1 aromatic rings. The van der Waals surface area contributed by atoms with Gasteiger partial charge in [0.05, 0.1) is 5.69 Å². The van der Waals surface area contributed by atoms with Gasteiger partial charge < -0.3 is 11.1 Å². The lowest BCUT2D eigenvalue weighted by Crippen LogP contribution is -2.19. The van der Waals surface area contributed by atoms with Crippen molar-refractivity contribution in [2.24, 2.45) is 0 Å². The molecule has 1 fully saturated rings. The van der Waals surface area contributed by atoms with Crippen molar-refractivity contribution in [3.63, 3.8) is 0 Å². The molecular weight excluding hydrogens is 203 g/mol. The largest absolute Gasteiger partial charge is 0.399 e. The molecule has 88 valence electrons. The van der Waals surface area contributed by atoms with Crippen LogP contribution in [0.4, 0.5) is 15.8 Å². The third-order valence-corrected chi connectivity index (χ3v) is 3.21. The minimum absolute atomic E-state index is 0.246. The second kappa shape index (κ2) is 5.19. The first-order valence-corrected chi connectivity index (χ1v) is 6.07. The van der Waals surface area contributed by atoms with Crippen LogP contribution in [0.3, 0.4) is 0 Å². The Labute approximate surface area is 96.0 Å². The SMILES string of the molecule is Nc1ccc(NC2CCCCCC2)c(F)c1. The van der Waals surface area contributed by atoms with E-state index >= 15 is 0 Å². The number of rotatable bonds is 2. The van der Waals surface area contributed by atoms with Crippen molar-refractivity contribution in [1.29, 1.82) is 0 Å². The minimum atomic E-state index is -0.246. The van der Waals surface area contributed by atoms with Gasteiger partial charge in [0, 0.05) is 11.7 Å². The van der Waals surface area contributed by atoms with E-state index < -0.39 is 0 Å². The van der Waals surface area contributed by atoms with Crippen molar-refractivity contribution in [3.05, 3.63) is 24.0 Å². The van der Waals surface area contributed by atoms with E-state index in [1.54, 1.807) is 12.1 Å². The van der Waals surface area contributed by atoms with Crippen molar-refractivity contribution in [2.45, 2.75) is 44.6 Å².